The van der Waals surface area contributed by atoms with E-state index in [1.54, 1.807) is 0 Å². The lowest BCUT2D eigenvalue weighted by Gasteiger charge is -2.20. The Labute approximate surface area is 185 Å². The Morgan fingerprint density at radius 1 is 0.903 bits per heavy atom. The molecule has 0 heterocycles. The number of nitrogens with one attached hydrogen (secondary N) is 2. The van der Waals surface area contributed by atoms with E-state index in [1.165, 1.54) is 0 Å². The summed E-state index contributed by atoms with van der Waals surface area (Å²) in [5.74, 6) is -0.0893. The van der Waals surface area contributed by atoms with Crippen molar-refractivity contribution in [3.63, 3.8) is 0 Å². The smallest absolute Gasteiger partial charge is 0.407 e. The number of carbonyl (C=O) groups excluding carboxylic acids is 2. The highest BCUT2D eigenvalue weighted by molar-refractivity contribution is 5.81. The van der Waals surface area contributed by atoms with Crippen molar-refractivity contribution >= 4 is 12.0 Å². The van der Waals surface area contributed by atoms with Gasteiger partial charge in [0.1, 0.15) is 5.60 Å². The Hall–Kier alpha value is -2.86. The fourth-order valence-electron chi connectivity index (χ4n) is 3.26. The third kappa shape index (κ3) is 9.22. The maximum atomic E-state index is 12.5. The highest BCUT2D eigenvalue weighted by atomic mass is 16.6. The molecule has 0 aliphatic heterocycles. The third-order valence-corrected chi connectivity index (χ3v) is 4.83. The molecular formula is C25H35N3O3. The molecule has 0 radical (unpaired) electrons. The molecular weight excluding hydrogens is 390 g/mol. The molecule has 6 nitrogen and oxygen atoms in total. The van der Waals surface area contributed by atoms with Crippen molar-refractivity contribution in [1.29, 1.82) is 0 Å². The number of ether oxygens (including phenoxy) is 1. The second-order valence-corrected chi connectivity index (χ2v) is 8.65. The first kappa shape index (κ1) is 24.4. The molecule has 0 spiro atoms. The van der Waals surface area contributed by atoms with Crippen LogP contribution >= 0.6 is 0 Å². The zero-order valence-electron chi connectivity index (χ0n) is 18.8. The lowest BCUT2D eigenvalue weighted by atomic mass is 9.91. The van der Waals surface area contributed by atoms with Gasteiger partial charge in [-0.25, -0.2) is 4.79 Å². The van der Waals surface area contributed by atoms with E-state index in [4.69, 9.17) is 10.5 Å². The number of nitrogens with two attached hydrogens (primary N) is 1. The van der Waals surface area contributed by atoms with Crippen molar-refractivity contribution in [3.05, 3.63) is 71.8 Å². The second-order valence-electron chi connectivity index (χ2n) is 8.65. The summed E-state index contributed by atoms with van der Waals surface area (Å²) in [4.78, 5) is 24.1. The summed E-state index contributed by atoms with van der Waals surface area (Å²) >= 11 is 0. The Morgan fingerprint density at radius 2 is 1.45 bits per heavy atom. The zero-order chi connectivity index (χ0) is 22.7. The Kier molecular flexibility index (Phi) is 9.53. The van der Waals surface area contributed by atoms with Gasteiger partial charge < -0.3 is 21.1 Å². The number of amides is 2. The molecule has 0 aliphatic carbocycles. The average molecular weight is 426 g/mol. The van der Waals surface area contributed by atoms with Gasteiger partial charge in [-0.3, -0.25) is 4.79 Å². The molecule has 6 heteroatoms. The van der Waals surface area contributed by atoms with Crippen molar-refractivity contribution in [2.75, 3.05) is 13.1 Å². The molecule has 4 N–H and O–H groups in total. The number of hydrogen-bond acceptors (Lipinski definition) is 4. The Balaban J connectivity index is 1.76. The predicted molar refractivity (Wildman–Crippen MR) is 124 cm³/mol. The summed E-state index contributed by atoms with van der Waals surface area (Å²) in [6, 6.07) is 19.7. The number of unbranched alkanes of at least 4 members (excludes halogenated alkanes) is 1. The summed E-state index contributed by atoms with van der Waals surface area (Å²) in [6.45, 7) is 6.45. The standard InChI is InChI=1S/C25H35N3O3/c1-25(2,3)31-24(30)27-17-11-10-16-22(26)23(29)28-18-21(19-12-6-4-7-13-19)20-14-8-5-9-15-20/h4-9,12-15,21-22H,10-11,16-18,26H2,1-3H3,(H,27,30)(H,28,29)/t22-/m1/s1. The SMILES string of the molecule is CC(C)(C)OC(=O)NCCCC[C@@H](N)C(=O)NCC(c1ccccc1)c1ccccc1. The molecule has 0 aliphatic rings. The van der Waals surface area contributed by atoms with Gasteiger partial charge in [-0.15, -0.1) is 0 Å². The van der Waals surface area contributed by atoms with Crippen LogP contribution in [0.3, 0.4) is 0 Å². The Bertz CT molecular complexity index is 764. The van der Waals surface area contributed by atoms with E-state index >= 15 is 0 Å². The van der Waals surface area contributed by atoms with E-state index in [0.717, 1.165) is 24.0 Å². The Morgan fingerprint density at radius 3 is 1.97 bits per heavy atom. The number of carbonyl (C=O) groups is 2. The summed E-state index contributed by atoms with van der Waals surface area (Å²) in [6.07, 6.45) is 1.60. The van der Waals surface area contributed by atoms with Crippen molar-refractivity contribution in [2.24, 2.45) is 5.73 Å². The first-order valence-corrected chi connectivity index (χ1v) is 10.9. The second kappa shape index (κ2) is 12.1. The molecule has 2 amide bonds. The molecule has 0 saturated heterocycles. The molecule has 2 rings (SSSR count). The van der Waals surface area contributed by atoms with Crippen LogP contribution < -0.4 is 16.4 Å². The maximum Gasteiger partial charge on any atom is 0.407 e. The quantitative estimate of drug-likeness (QED) is 0.502. The lowest BCUT2D eigenvalue weighted by Crippen LogP contribution is -2.42. The van der Waals surface area contributed by atoms with Crippen LogP contribution in [0.5, 0.6) is 0 Å². The molecule has 168 valence electrons. The van der Waals surface area contributed by atoms with Crippen LogP contribution in [0.2, 0.25) is 0 Å². The summed E-state index contributed by atoms with van der Waals surface area (Å²) in [5.41, 5.74) is 7.87. The largest absolute Gasteiger partial charge is 0.444 e. The third-order valence-electron chi connectivity index (χ3n) is 4.83. The van der Waals surface area contributed by atoms with E-state index in [9.17, 15) is 9.59 Å². The van der Waals surface area contributed by atoms with Crippen LogP contribution in [0.25, 0.3) is 0 Å². The number of benzene rings is 2. The molecule has 0 aromatic heterocycles. The minimum atomic E-state index is -0.575. The highest BCUT2D eigenvalue weighted by Crippen LogP contribution is 2.23. The van der Waals surface area contributed by atoms with Gasteiger partial charge in [-0.2, -0.15) is 0 Å². The summed E-state index contributed by atoms with van der Waals surface area (Å²) < 4.78 is 5.19. The normalized spacial score (nSPS) is 12.3. The molecule has 0 fully saturated rings. The van der Waals surface area contributed by atoms with E-state index in [0.29, 0.717) is 19.5 Å². The van der Waals surface area contributed by atoms with Crippen LogP contribution in [0.4, 0.5) is 4.79 Å². The minimum Gasteiger partial charge on any atom is -0.444 e. The monoisotopic (exact) mass is 425 g/mol. The number of rotatable bonds is 10. The lowest BCUT2D eigenvalue weighted by molar-refractivity contribution is -0.122. The minimum absolute atomic E-state index is 0.0663. The van der Waals surface area contributed by atoms with Crippen LogP contribution in [0.1, 0.15) is 57.1 Å². The first-order chi connectivity index (χ1) is 14.8. The van der Waals surface area contributed by atoms with Gasteiger partial charge >= 0.3 is 6.09 Å². The van der Waals surface area contributed by atoms with Crippen molar-refractivity contribution < 1.29 is 14.3 Å². The van der Waals surface area contributed by atoms with Gasteiger partial charge in [0.05, 0.1) is 6.04 Å². The highest BCUT2D eigenvalue weighted by Gasteiger charge is 2.18. The van der Waals surface area contributed by atoms with Crippen LogP contribution in [-0.2, 0) is 9.53 Å². The molecule has 0 saturated carbocycles. The van der Waals surface area contributed by atoms with E-state index < -0.39 is 17.7 Å². The van der Waals surface area contributed by atoms with Crippen LogP contribution in [0.15, 0.2) is 60.7 Å². The fourth-order valence-corrected chi connectivity index (χ4v) is 3.26. The van der Waals surface area contributed by atoms with Gasteiger partial charge in [0.25, 0.3) is 0 Å². The topological polar surface area (TPSA) is 93.4 Å². The van der Waals surface area contributed by atoms with Crippen LogP contribution in [-0.4, -0.2) is 36.7 Å². The molecule has 2 aromatic rings. The number of alkyl carbamates (subject to hydrolysis) is 1. The fraction of sp³-hybridized carbons (Fsp3) is 0.440. The zero-order valence-corrected chi connectivity index (χ0v) is 18.8. The average Bonchev–Trinajstić information content (AvgIpc) is 2.73. The maximum absolute atomic E-state index is 12.5. The van der Waals surface area contributed by atoms with Crippen molar-refractivity contribution in [1.82, 2.24) is 10.6 Å². The van der Waals surface area contributed by atoms with Gasteiger partial charge in [0, 0.05) is 19.0 Å². The molecule has 2 aromatic carbocycles. The van der Waals surface area contributed by atoms with Gasteiger partial charge in [-0.05, 0) is 51.2 Å². The number of hydrogen-bond donors (Lipinski definition) is 3. The van der Waals surface area contributed by atoms with E-state index in [1.807, 2.05) is 57.2 Å². The molecule has 31 heavy (non-hydrogen) atoms. The molecule has 1 atom stereocenters. The molecule has 0 unspecified atom stereocenters. The van der Waals surface area contributed by atoms with E-state index in [2.05, 4.69) is 34.9 Å². The molecule has 0 bridgehead atoms. The van der Waals surface area contributed by atoms with Crippen molar-refractivity contribution in [2.45, 2.75) is 57.6 Å². The van der Waals surface area contributed by atoms with Gasteiger partial charge in [0.2, 0.25) is 5.91 Å². The van der Waals surface area contributed by atoms with Crippen LogP contribution in [0, 0.1) is 0 Å². The summed E-state index contributed by atoms with van der Waals surface area (Å²) in [7, 11) is 0. The first-order valence-electron chi connectivity index (χ1n) is 10.9. The van der Waals surface area contributed by atoms with Gasteiger partial charge in [-0.1, -0.05) is 60.7 Å². The summed E-state index contributed by atoms with van der Waals surface area (Å²) in [5, 5.41) is 5.73. The predicted octanol–water partition coefficient (Wildman–Crippen LogP) is 3.96. The van der Waals surface area contributed by atoms with E-state index in [-0.39, 0.29) is 11.8 Å². The van der Waals surface area contributed by atoms with Gasteiger partial charge in [0.15, 0.2) is 0 Å². The van der Waals surface area contributed by atoms with Crippen molar-refractivity contribution in [3.8, 4) is 0 Å².